The first-order valence-electron chi connectivity index (χ1n) is 7.00. The number of Topliss-reactive ketones (excluding diaryl/α,β-unsaturated/α-hetero) is 1. The molecule has 6 nitrogen and oxygen atoms in total. The Labute approximate surface area is 120 Å². The number of carbonyl (C=O) groups is 3. The zero-order valence-electron chi connectivity index (χ0n) is 13.0. The van der Waals surface area contributed by atoms with E-state index in [-0.39, 0.29) is 29.4 Å². The Hall–Kier alpha value is -1.59. The smallest absolute Gasteiger partial charge is 0.312 e. The van der Waals surface area contributed by atoms with Crippen molar-refractivity contribution >= 4 is 17.7 Å². The first kappa shape index (κ1) is 18.4. The second kappa shape index (κ2) is 8.55. The van der Waals surface area contributed by atoms with Gasteiger partial charge in [-0.1, -0.05) is 27.7 Å². The summed E-state index contributed by atoms with van der Waals surface area (Å²) in [6.45, 7) is 9.49. The van der Waals surface area contributed by atoms with Gasteiger partial charge in [-0.25, -0.2) is 4.79 Å². The molecule has 6 heteroatoms. The molecule has 0 aliphatic heterocycles. The minimum atomic E-state index is -0.589. The molecule has 0 spiro atoms. The van der Waals surface area contributed by atoms with Crippen LogP contribution < -0.4 is 16.4 Å². The summed E-state index contributed by atoms with van der Waals surface area (Å²) >= 11 is 0. The van der Waals surface area contributed by atoms with E-state index >= 15 is 0 Å². The first-order chi connectivity index (χ1) is 9.16. The van der Waals surface area contributed by atoms with Crippen molar-refractivity contribution in [3.63, 3.8) is 0 Å². The van der Waals surface area contributed by atoms with Crippen molar-refractivity contribution in [3.05, 3.63) is 0 Å². The fourth-order valence-corrected chi connectivity index (χ4v) is 1.82. The average molecular weight is 285 g/mol. The molecule has 0 radical (unpaired) electrons. The van der Waals surface area contributed by atoms with Crippen molar-refractivity contribution in [2.75, 3.05) is 6.54 Å². The highest BCUT2D eigenvalue weighted by Gasteiger charge is 2.26. The maximum atomic E-state index is 12.0. The number of urea groups is 1. The zero-order chi connectivity index (χ0) is 15.9. The van der Waals surface area contributed by atoms with E-state index in [0.717, 1.165) is 0 Å². The molecule has 0 saturated carbocycles. The number of amides is 3. The van der Waals surface area contributed by atoms with E-state index in [1.165, 1.54) is 6.92 Å². The van der Waals surface area contributed by atoms with Gasteiger partial charge in [0.1, 0.15) is 0 Å². The molecular weight excluding hydrogens is 258 g/mol. The van der Waals surface area contributed by atoms with Crippen LogP contribution in [0.4, 0.5) is 4.79 Å². The van der Waals surface area contributed by atoms with E-state index in [0.29, 0.717) is 13.0 Å². The van der Waals surface area contributed by atoms with Crippen LogP contribution in [0.15, 0.2) is 0 Å². The van der Waals surface area contributed by atoms with Gasteiger partial charge in [0.15, 0.2) is 5.78 Å². The largest absolute Gasteiger partial charge is 0.352 e. The monoisotopic (exact) mass is 285 g/mol. The minimum Gasteiger partial charge on any atom is -0.352 e. The fraction of sp³-hybridized carbons (Fsp3) is 0.786. The van der Waals surface area contributed by atoms with Gasteiger partial charge in [0.25, 0.3) is 0 Å². The van der Waals surface area contributed by atoms with Crippen LogP contribution in [0.5, 0.6) is 0 Å². The van der Waals surface area contributed by atoms with Crippen molar-refractivity contribution in [2.45, 2.75) is 47.1 Å². The quantitative estimate of drug-likeness (QED) is 0.621. The Morgan fingerprint density at radius 3 is 2.05 bits per heavy atom. The lowest BCUT2D eigenvalue weighted by atomic mass is 9.92. The van der Waals surface area contributed by atoms with Gasteiger partial charge in [0.05, 0.1) is 6.04 Å². The van der Waals surface area contributed by atoms with E-state index in [1.807, 2.05) is 27.7 Å². The van der Waals surface area contributed by atoms with Crippen LogP contribution in [0.25, 0.3) is 0 Å². The molecule has 20 heavy (non-hydrogen) atoms. The number of ketones is 1. The molecule has 0 aliphatic rings. The predicted octanol–water partition coefficient (Wildman–Crippen LogP) is 1.05. The topological polar surface area (TPSA) is 101 Å². The molecule has 116 valence electrons. The van der Waals surface area contributed by atoms with Crippen molar-refractivity contribution < 1.29 is 14.4 Å². The summed E-state index contributed by atoms with van der Waals surface area (Å²) in [6, 6.07) is -1.12. The van der Waals surface area contributed by atoms with E-state index in [9.17, 15) is 14.4 Å². The third-order valence-electron chi connectivity index (χ3n) is 3.62. The van der Waals surface area contributed by atoms with Crippen molar-refractivity contribution in [3.8, 4) is 0 Å². The van der Waals surface area contributed by atoms with E-state index in [2.05, 4.69) is 10.6 Å². The summed E-state index contributed by atoms with van der Waals surface area (Å²) in [5.41, 5.74) is 4.98. The van der Waals surface area contributed by atoms with Gasteiger partial charge < -0.3 is 16.4 Å². The molecule has 0 heterocycles. The van der Waals surface area contributed by atoms with Gasteiger partial charge in [0.2, 0.25) is 5.91 Å². The van der Waals surface area contributed by atoms with Gasteiger partial charge >= 0.3 is 6.03 Å². The molecule has 3 amide bonds. The van der Waals surface area contributed by atoms with Crippen LogP contribution in [0, 0.1) is 17.8 Å². The van der Waals surface area contributed by atoms with E-state index < -0.39 is 12.1 Å². The summed E-state index contributed by atoms with van der Waals surface area (Å²) < 4.78 is 0. The molecule has 0 bridgehead atoms. The first-order valence-corrected chi connectivity index (χ1v) is 7.00. The number of hydrogen-bond donors (Lipinski definition) is 3. The summed E-state index contributed by atoms with van der Waals surface area (Å²) in [5.74, 6) is -0.194. The SMILES string of the molecule is CC(=O)[C@@H](NC(=O)[C@@H](C)C(C)C)[C@@H](C)CCNC(N)=O. The Balaban J connectivity index is 4.52. The van der Waals surface area contributed by atoms with Gasteiger partial charge in [-0.2, -0.15) is 0 Å². The van der Waals surface area contributed by atoms with Crippen LogP contribution in [0.3, 0.4) is 0 Å². The van der Waals surface area contributed by atoms with Gasteiger partial charge in [-0.15, -0.1) is 0 Å². The van der Waals surface area contributed by atoms with Crippen LogP contribution in [0.1, 0.15) is 41.0 Å². The highest BCUT2D eigenvalue weighted by Crippen LogP contribution is 2.13. The fourth-order valence-electron chi connectivity index (χ4n) is 1.82. The lowest BCUT2D eigenvalue weighted by Crippen LogP contribution is -2.47. The Bertz CT molecular complexity index is 356. The number of nitrogens with two attached hydrogens (primary N) is 1. The predicted molar refractivity (Wildman–Crippen MR) is 78.0 cm³/mol. The molecule has 0 aromatic rings. The van der Waals surface area contributed by atoms with Crippen LogP contribution in [-0.4, -0.2) is 30.3 Å². The lowest BCUT2D eigenvalue weighted by molar-refractivity contribution is -0.131. The molecule has 4 N–H and O–H groups in total. The van der Waals surface area contributed by atoms with Crippen molar-refractivity contribution in [1.29, 1.82) is 0 Å². The molecule has 0 aromatic carbocycles. The maximum absolute atomic E-state index is 12.0. The second-order valence-corrected chi connectivity index (χ2v) is 5.69. The highest BCUT2D eigenvalue weighted by atomic mass is 16.2. The average Bonchev–Trinajstić information content (AvgIpc) is 2.33. The van der Waals surface area contributed by atoms with Gasteiger partial charge in [0, 0.05) is 12.5 Å². The van der Waals surface area contributed by atoms with Crippen molar-refractivity contribution in [2.24, 2.45) is 23.5 Å². The standard InChI is InChI=1S/C14H27N3O3/c1-8(2)10(4)13(19)17-12(11(5)18)9(3)6-7-16-14(15)20/h8-10,12H,6-7H2,1-5H3,(H,17,19)(H3,15,16,20)/t9-,10-,12-/m0/s1. The maximum Gasteiger partial charge on any atom is 0.312 e. The third-order valence-corrected chi connectivity index (χ3v) is 3.62. The molecule has 0 saturated heterocycles. The van der Waals surface area contributed by atoms with Crippen LogP contribution in [0.2, 0.25) is 0 Å². The number of carbonyl (C=O) groups excluding carboxylic acids is 3. The summed E-state index contributed by atoms with van der Waals surface area (Å²) in [5, 5.41) is 5.28. The lowest BCUT2D eigenvalue weighted by Gasteiger charge is -2.25. The highest BCUT2D eigenvalue weighted by molar-refractivity contribution is 5.88. The zero-order valence-corrected chi connectivity index (χ0v) is 13.0. The van der Waals surface area contributed by atoms with E-state index in [1.54, 1.807) is 0 Å². The van der Waals surface area contributed by atoms with E-state index in [4.69, 9.17) is 5.73 Å². The number of hydrogen-bond acceptors (Lipinski definition) is 3. The molecule has 0 unspecified atom stereocenters. The number of nitrogens with one attached hydrogen (secondary N) is 2. The van der Waals surface area contributed by atoms with Gasteiger partial charge in [-0.05, 0) is 25.2 Å². The molecule has 3 atom stereocenters. The molecule has 0 aromatic heterocycles. The normalized spacial score (nSPS) is 15.3. The second-order valence-electron chi connectivity index (χ2n) is 5.69. The molecule has 0 fully saturated rings. The minimum absolute atomic E-state index is 0.0670. The Morgan fingerprint density at radius 2 is 1.65 bits per heavy atom. The van der Waals surface area contributed by atoms with Crippen LogP contribution in [-0.2, 0) is 9.59 Å². The third kappa shape index (κ3) is 6.54. The molecular formula is C14H27N3O3. The Kier molecular flexibility index (Phi) is 7.87. The molecule has 0 rings (SSSR count). The number of rotatable bonds is 8. The Morgan fingerprint density at radius 1 is 1.10 bits per heavy atom. The summed E-state index contributed by atoms with van der Waals surface area (Å²) in [4.78, 5) is 34.3. The van der Waals surface area contributed by atoms with Crippen LogP contribution >= 0.6 is 0 Å². The van der Waals surface area contributed by atoms with Crippen molar-refractivity contribution in [1.82, 2.24) is 10.6 Å². The number of primary amides is 1. The summed E-state index contributed by atoms with van der Waals surface area (Å²) in [7, 11) is 0. The summed E-state index contributed by atoms with van der Waals surface area (Å²) in [6.07, 6.45) is 0.573. The molecule has 0 aliphatic carbocycles. The van der Waals surface area contributed by atoms with Gasteiger partial charge in [-0.3, -0.25) is 9.59 Å².